The molecule has 0 fully saturated rings. The average Bonchev–Trinajstić information content (AvgIpc) is 2.74. The zero-order valence-corrected chi connectivity index (χ0v) is 16.2. The van der Waals surface area contributed by atoms with Gasteiger partial charge in [-0.15, -0.1) is 0 Å². The van der Waals surface area contributed by atoms with Crippen LogP contribution in [0.1, 0.15) is 18.5 Å². The molecule has 1 atom stereocenters. The van der Waals surface area contributed by atoms with Crippen LogP contribution in [-0.2, 0) is 4.79 Å². The van der Waals surface area contributed by atoms with Gasteiger partial charge >= 0.3 is 5.69 Å². The SMILES string of the molecule is Cc1ccc(-c2cnn([C@H](C)C(=O)Nc3cccc4ccccc34)c(=O)n2)cc1. The molecule has 0 radical (unpaired) electrons. The van der Waals surface area contributed by atoms with Crippen molar-refractivity contribution < 1.29 is 4.79 Å². The number of amides is 1. The lowest BCUT2D eigenvalue weighted by Gasteiger charge is -2.15. The summed E-state index contributed by atoms with van der Waals surface area (Å²) < 4.78 is 1.10. The zero-order valence-electron chi connectivity index (χ0n) is 16.2. The van der Waals surface area contributed by atoms with E-state index >= 15 is 0 Å². The molecule has 4 rings (SSSR count). The lowest BCUT2D eigenvalue weighted by Crippen LogP contribution is -2.34. The summed E-state index contributed by atoms with van der Waals surface area (Å²) in [7, 11) is 0. The predicted molar refractivity (Wildman–Crippen MR) is 114 cm³/mol. The predicted octanol–water partition coefficient (Wildman–Crippen LogP) is 3.97. The van der Waals surface area contributed by atoms with E-state index in [-0.39, 0.29) is 5.91 Å². The van der Waals surface area contributed by atoms with Crippen molar-refractivity contribution in [3.8, 4) is 11.3 Å². The Hall–Kier alpha value is -3.80. The number of nitrogens with zero attached hydrogens (tertiary/aromatic N) is 3. The van der Waals surface area contributed by atoms with E-state index in [1.807, 2.05) is 73.7 Å². The third-order valence-corrected chi connectivity index (χ3v) is 4.86. The Bertz CT molecular complexity index is 1240. The molecule has 0 spiro atoms. The number of fused-ring (bicyclic) bond motifs is 1. The smallest absolute Gasteiger partial charge is 0.324 e. The standard InChI is InChI=1S/C23H20N4O2/c1-15-10-12-18(13-11-15)21-14-24-27(23(29)26-21)16(2)22(28)25-20-9-5-7-17-6-3-4-8-19(17)20/h3-14,16H,1-2H3,(H,25,28)/t16-/m1/s1. The van der Waals surface area contributed by atoms with E-state index < -0.39 is 11.7 Å². The number of rotatable bonds is 4. The fourth-order valence-electron chi connectivity index (χ4n) is 3.16. The van der Waals surface area contributed by atoms with Crippen molar-refractivity contribution in [2.45, 2.75) is 19.9 Å². The van der Waals surface area contributed by atoms with Crippen LogP contribution in [0.3, 0.4) is 0 Å². The summed E-state index contributed by atoms with van der Waals surface area (Å²) in [6, 6.07) is 20.3. The van der Waals surface area contributed by atoms with Crippen molar-refractivity contribution in [3.05, 3.63) is 89.0 Å². The topological polar surface area (TPSA) is 76.9 Å². The van der Waals surface area contributed by atoms with Gasteiger partial charge < -0.3 is 5.32 Å². The molecule has 0 unspecified atom stereocenters. The Kier molecular flexibility index (Phi) is 4.91. The number of hydrogen-bond acceptors (Lipinski definition) is 4. The molecule has 1 aromatic heterocycles. The normalized spacial score (nSPS) is 11.9. The van der Waals surface area contributed by atoms with Gasteiger partial charge in [-0.3, -0.25) is 4.79 Å². The first-order valence-electron chi connectivity index (χ1n) is 9.34. The van der Waals surface area contributed by atoms with Gasteiger partial charge in [-0.05, 0) is 25.3 Å². The van der Waals surface area contributed by atoms with Crippen LogP contribution in [0.25, 0.3) is 22.0 Å². The molecule has 0 aliphatic heterocycles. The minimum absolute atomic E-state index is 0.333. The lowest BCUT2D eigenvalue weighted by atomic mass is 10.1. The molecular weight excluding hydrogens is 364 g/mol. The number of carbonyl (C=O) groups excluding carboxylic acids is 1. The third-order valence-electron chi connectivity index (χ3n) is 4.86. The molecule has 0 saturated carbocycles. The van der Waals surface area contributed by atoms with Gasteiger partial charge in [0.25, 0.3) is 0 Å². The van der Waals surface area contributed by atoms with E-state index in [1.165, 1.54) is 6.20 Å². The Morgan fingerprint density at radius 2 is 1.72 bits per heavy atom. The van der Waals surface area contributed by atoms with E-state index in [0.717, 1.165) is 26.6 Å². The summed E-state index contributed by atoms with van der Waals surface area (Å²) in [5, 5.41) is 9.04. The average molecular weight is 384 g/mol. The van der Waals surface area contributed by atoms with Crippen LogP contribution in [0.4, 0.5) is 5.69 Å². The summed E-state index contributed by atoms with van der Waals surface area (Å²) in [5.41, 5.74) is 2.53. The molecule has 6 heteroatoms. The molecule has 1 N–H and O–H groups in total. The summed E-state index contributed by atoms with van der Waals surface area (Å²) in [6.07, 6.45) is 1.51. The second-order valence-corrected chi connectivity index (χ2v) is 6.93. The number of nitrogens with one attached hydrogen (secondary N) is 1. The summed E-state index contributed by atoms with van der Waals surface area (Å²) >= 11 is 0. The highest BCUT2D eigenvalue weighted by atomic mass is 16.2. The maximum atomic E-state index is 12.8. The largest absolute Gasteiger partial charge is 0.365 e. The van der Waals surface area contributed by atoms with Crippen molar-refractivity contribution in [1.82, 2.24) is 14.8 Å². The molecule has 0 saturated heterocycles. The zero-order chi connectivity index (χ0) is 20.4. The maximum absolute atomic E-state index is 12.8. The van der Waals surface area contributed by atoms with Crippen LogP contribution in [0, 0.1) is 6.92 Å². The number of aromatic nitrogens is 3. The molecule has 3 aromatic carbocycles. The molecule has 29 heavy (non-hydrogen) atoms. The molecule has 0 aliphatic carbocycles. The second-order valence-electron chi connectivity index (χ2n) is 6.93. The quantitative estimate of drug-likeness (QED) is 0.578. The highest BCUT2D eigenvalue weighted by Gasteiger charge is 2.19. The van der Waals surface area contributed by atoms with Crippen molar-refractivity contribution in [1.29, 1.82) is 0 Å². The van der Waals surface area contributed by atoms with Crippen molar-refractivity contribution in [3.63, 3.8) is 0 Å². The number of anilines is 1. The van der Waals surface area contributed by atoms with E-state index in [2.05, 4.69) is 15.4 Å². The lowest BCUT2D eigenvalue weighted by molar-refractivity contribution is -0.119. The van der Waals surface area contributed by atoms with Gasteiger partial charge in [0.15, 0.2) is 0 Å². The Morgan fingerprint density at radius 1 is 1.00 bits per heavy atom. The van der Waals surface area contributed by atoms with Gasteiger partial charge in [-0.2, -0.15) is 10.1 Å². The molecule has 144 valence electrons. The first kappa shape index (κ1) is 18.6. The minimum Gasteiger partial charge on any atom is -0.324 e. The molecule has 4 aromatic rings. The fraction of sp³-hybridized carbons (Fsp3) is 0.130. The highest BCUT2D eigenvalue weighted by molar-refractivity contribution is 6.03. The first-order chi connectivity index (χ1) is 14.0. The molecule has 0 aliphatic rings. The van der Waals surface area contributed by atoms with Crippen LogP contribution in [0.2, 0.25) is 0 Å². The van der Waals surface area contributed by atoms with Gasteiger partial charge in [0.2, 0.25) is 5.91 Å². The Labute approximate surface area is 167 Å². The van der Waals surface area contributed by atoms with Crippen LogP contribution in [0.15, 0.2) is 77.7 Å². The number of hydrogen-bond donors (Lipinski definition) is 1. The van der Waals surface area contributed by atoms with Gasteiger partial charge in [0.1, 0.15) is 6.04 Å². The summed E-state index contributed by atoms with van der Waals surface area (Å²) in [4.78, 5) is 29.4. The van der Waals surface area contributed by atoms with Crippen molar-refractivity contribution in [2.24, 2.45) is 0 Å². The molecule has 0 bridgehead atoms. The van der Waals surface area contributed by atoms with Gasteiger partial charge in [0, 0.05) is 16.6 Å². The van der Waals surface area contributed by atoms with E-state index in [0.29, 0.717) is 11.4 Å². The van der Waals surface area contributed by atoms with Crippen LogP contribution < -0.4 is 11.0 Å². The maximum Gasteiger partial charge on any atom is 0.365 e. The van der Waals surface area contributed by atoms with Gasteiger partial charge in [0.05, 0.1) is 11.9 Å². The van der Waals surface area contributed by atoms with Crippen LogP contribution in [0.5, 0.6) is 0 Å². The van der Waals surface area contributed by atoms with E-state index in [4.69, 9.17) is 0 Å². The van der Waals surface area contributed by atoms with Crippen LogP contribution >= 0.6 is 0 Å². The highest BCUT2D eigenvalue weighted by Crippen LogP contribution is 2.23. The first-order valence-corrected chi connectivity index (χ1v) is 9.34. The molecule has 1 heterocycles. The monoisotopic (exact) mass is 384 g/mol. The number of benzene rings is 3. The Balaban J connectivity index is 1.59. The second kappa shape index (κ2) is 7.67. The Morgan fingerprint density at radius 3 is 2.48 bits per heavy atom. The minimum atomic E-state index is -0.805. The summed E-state index contributed by atoms with van der Waals surface area (Å²) in [5.74, 6) is -0.333. The molecular formula is C23H20N4O2. The van der Waals surface area contributed by atoms with E-state index in [9.17, 15) is 9.59 Å². The fourth-order valence-corrected chi connectivity index (χ4v) is 3.16. The molecule has 1 amide bonds. The van der Waals surface area contributed by atoms with Gasteiger partial charge in [-0.25, -0.2) is 9.48 Å². The van der Waals surface area contributed by atoms with E-state index in [1.54, 1.807) is 6.92 Å². The number of carbonyl (C=O) groups is 1. The third kappa shape index (κ3) is 3.78. The van der Waals surface area contributed by atoms with Gasteiger partial charge in [-0.1, -0.05) is 66.2 Å². The summed E-state index contributed by atoms with van der Waals surface area (Å²) in [6.45, 7) is 3.62. The molecule has 6 nitrogen and oxygen atoms in total. The van der Waals surface area contributed by atoms with Crippen molar-refractivity contribution in [2.75, 3.05) is 5.32 Å². The van der Waals surface area contributed by atoms with Crippen molar-refractivity contribution >= 4 is 22.4 Å². The van der Waals surface area contributed by atoms with Crippen LogP contribution in [-0.4, -0.2) is 20.7 Å². The number of aryl methyl sites for hydroxylation is 1.